The number of phenolic OH excluding ortho intramolecular Hbond substituents is 1. The summed E-state index contributed by atoms with van der Waals surface area (Å²) in [5.41, 5.74) is 5.89. The van der Waals surface area contributed by atoms with E-state index in [1.54, 1.807) is 32.9 Å². The standard InChI is InChI=1S/C14H17N3O4/c1-14(2,3)20-13(19)16-12-8(5-4-6-10(12)18)9-7-11(15)21-17-9/h4-7,18H,15H2,1-3H3,(H,16,19). The van der Waals surface area contributed by atoms with Crippen molar-refractivity contribution in [3.8, 4) is 17.0 Å². The molecule has 0 unspecified atom stereocenters. The Balaban J connectivity index is 2.33. The molecule has 21 heavy (non-hydrogen) atoms. The Labute approximate surface area is 121 Å². The third-order valence-electron chi connectivity index (χ3n) is 2.47. The molecule has 0 atom stereocenters. The fourth-order valence-corrected chi connectivity index (χ4v) is 1.71. The monoisotopic (exact) mass is 291 g/mol. The van der Waals surface area contributed by atoms with Crippen LogP contribution in [0.4, 0.5) is 16.4 Å². The Bertz CT molecular complexity index is 658. The summed E-state index contributed by atoms with van der Waals surface area (Å²) in [6.07, 6.45) is -0.679. The second-order valence-electron chi connectivity index (χ2n) is 5.44. The third-order valence-corrected chi connectivity index (χ3v) is 2.47. The number of carbonyl (C=O) groups excluding carboxylic acids is 1. The number of para-hydroxylation sites is 1. The van der Waals surface area contributed by atoms with E-state index >= 15 is 0 Å². The molecule has 1 aromatic heterocycles. The minimum atomic E-state index is -0.679. The van der Waals surface area contributed by atoms with Crippen LogP contribution in [0, 0.1) is 0 Å². The lowest BCUT2D eigenvalue weighted by atomic mass is 10.1. The van der Waals surface area contributed by atoms with Crippen molar-refractivity contribution >= 4 is 17.7 Å². The van der Waals surface area contributed by atoms with Crippen molar-refractivity contribution < 1.29 is 19.2 Å². The first kappa shape index (κ1) is 14.7. The number of rotatable bonds is 2. The number of hydrogen-bond donors (Lipinski definition) is 3. The maximum absolute atomic E-state index is 11.9. The number of nitrogen functional groups attached to an aromatic ring is 1. The second kappa shape index (κ2) is 5.35. The van der Waals surface area contributed by atoms with Gasteiger partial charge in [0.2, 0.25) is 5.88 Å². The van der Waals surface area contributed by atoms with Crippen molar-refractivity contribution in [2.45, 2.75) is 26.4 Å². The number of nitrogens with zero attached hydrogens (tertiary/aromatic N) is 1. The van der Waals surface area contributed by atoms with Crippen molar-refractivity contribution in [2.75, 3.05) is 11.1 Å². The number of nitrogens with two attached hydrogens (primary N) is 1. The van der Waals surface area contributed by atoms with Crippen LogP contribution >= 0.6 is 0 Å². The summed E-state index contributed by atoms with van der Waals surface area (Å²) in [6, 6.07) is 6.23. The largest absolute Gasteiger partial charge is 0.506 e. The predicted molar refractivity (Wildman–Crippen MR) is 77.9 cm³/mol. The highest BCUT2D eigenvalue weighted by Gasteiger charge is 2.20. The van der Waals surface area contributed by atoms with Gasteiger partial charge in [0, 0.05) is 11.6 Å². The molecule has 7 heteroatoms. The summed E-state index contributed by atoms with van der Waals surface area (Å²) in [6.45, 7) is 5.24. The van der Waals surface area contributed by atoms with Crippen LogP contribution in [0.3, 0.4) is 0 Å². The topological polar surface area (TPSA) is 111 Å². The molecule has 0 radical (unpaired) electrons. The summed E-state index contributed by atoms with van der Waals surface area (Å²) < 4.78 is 9.96. The lowest BCUT2D eigenvalue weighted by Gasteiger charge is -2.20. The normalized spacial score (nSPS) is 11.2. The lowest BCUT2D eigenvalue weighted by molar-refractivity contribution is 0.0635. The van der Waals surface area contributed by atoms with Gasteiger partial charge in [0.05, 0.1) is 5.69 Å². The van der Waals surface area contributed by atoms with E-state index in [1.165, 1.54) is 12.1 Å². The van der Waals surface area contributed by atoms with Gasteiger partial charge in [-0.05, 0) is 26.8 Å². The van der Waals surface area contributed by atoms with Crippen molar-refractivity contribution in [3.05, 3.63) is 24.3 Å². The van der Waals surface area contributed by atoms with Gasteiger partial charge in [-0.1, -0.05) is 17.3 Å². The molecule has 2 aromatic rings. The van der Waals surface area contributed by atoms with E-state index in [1.807, 2.05) is 0 Å². The minimum Gasteiger partial charge on any atom is -0.506 e. The van der Waals surface area contributed by atoms with Crippen LogP contribution in [0.5, 0.6) is 5.75 Å². The summed E-state index contributed by atoms with van der Waals surface area (Å²) in [7, 11) is 0. The Morgan fingerprint density at radius 2 is 2.14 bits per heavy atom. The zero-order chi connectivity index (χ0) is 15.6. The van der Waals surface area contributed by atoms with Crippen molar-refractivity contribution in [1.29, 1.82) is 0 Å². The molecule has 0 saturated heterocycles. The number of nitrogens with one attached hydrogen (secondary N) is 1. The van der Waals surface area contributed by atoms with Crippen LogP contribution in [0.1, 0.15) is 20.8 Å². The Hall–Kier alpha value is -2.70. The van der Waals surface area contributed by atoms with Gasteiger partial charge in [0.15, 0.2) is 0 Å². The molecule has 0 bridgehead atoms. The van der Waals surface area contributed by atoms with Crippen LogP contribution in [0.2, 0.25) is 0 Å². The number of benzene rings is 1. The van der Waals surface area contributed by atoms with E-state index in [2.05, 4.69) is 10.5 Å². The van der Waals surface area contributed by atoms with E-state index in [0.29, 0.717) is 11.3 Å². The van der Waals surface area contributed by atoms with Gasteiger partial charge in [-0.2, -0.15) is 0 Å². The molecule has 0 aliphatic rings. The zero-order valence-electron chi connectivity index (χ0n) is 12.0. The third kappa shape index (κ3) is 3.65. The van der Waals surface area contributed by atoms with Gasteiger partial charge >= 0.3 is 6.09 Å². The number of ether oxygens (including phenoxy) is 1. The molecule has 0 aliphatic heterocycles. The van der Waals surface area contributed by atoms with Gasteiger partial charge < -0.3 is 20.1 Å². The van der Waals surface area contributed by atoms with E-state index in [4.69, 9.17) is 15.0 Å². The van der Waals surface area contributed by atoms with Gasteiger partial charge in [-0.3, -0.25) is 5.32 Å². The number of hydrogen-bond acceptors (Lipinski definition) is 6. The molecule has 2 rings (SSSR count). The van der Waals surface area contributed by atoms with Gasteiger partial charge in [0.1, 0.15) is 17.0 Å². The fourth-order valence-electron chi connectivity index (χ4n) is 1.71. The molecule has 1 aromatic carbocycles. The second-order valence-corrected chi connectivity index (χ2v) is 5.44. The van der Waals surface area contributed by atoms with Crippen LogP contribution in [0.15, 0.2) is 28.8 Å². The first-order chi connectivity index (χ1) is 9.76. The number of amides is 1. The average molecular weight is 291 g/mol. The van der Waals surface area contributed by atoms with Crippen LogP contribution in [0.25, 0.3) is 11.3 Å². The molecule has 1 amide bonds. The number of carbonyl (C=O) groups is 1. The first-order valence-electron chi connectivity index (χ1n) is 6.31. The summed E-state index contributed by atoms with van der Waals surface area (Å²) >= 11 is 0. The molecule has 4 N–H and O–H groups in total. The van der Waals surface area contributed by atoms with Crippen LogP contribution in [-0.4, -0.2) is 22.0 Å². The Morgan fingerprint density at radius 1 is 1.43 bits per heavy atom. The summed E-state index contributed by atoms with van der Waals surface area (Å²) in [4.78, 5) is 11.9. The smallest absolute Gasteiger partial charge is 0.412 e. The minimum absolute atomic E-state index is 0.111. The van der Waals surface area contributed by atoms with Gasteiger partial charge in [0.25, 0.3) is 0 Å². The predicted octanol–water partition coefficient (Wildman–Crippen LogP) is 2.98. The number of anilines is 2. The molecule has 0 fully saturated rings. The van der Waals surface area contributed by atoms with Gasteiger partial charge in [-0.25, -0.2) is 4.79 Å². The zero-order valence-corrected chi connectivity index (χ0v) is 12.0. The fraction of sp³-hybridized carbons (Fsp3) is 0.286. The highest BCUT2D eigenvalue weighted by molar-refractivity contribution is 5.93. The number of aromatic hydroxyl groups is 1. The first-order valence-corrected chi connectivity index (χ1v) is 6.31. The van der Waals surface area contributed by atoms with Crippen LogP contribution in [-0.2, 0) is 4.74 Å². The van der Waals surface area contributed by atoms with Gasteiger partial charge in [-0.15, -0.1) is 0 Å². The molecular weight excluding hydrogens is 274 g/mol. The van der Waals surface area contributed by atoms with Crippen molar-refractivity contribution in [2.24, 2.45) is 0 Å². The highest BCUT2D eigenvalue weighted by atomic mass is 16.6. The average Bonchev–Trinajstić information content (AvgIpc) is 2.76. The van der Waals surface area contributed by atoms with E-state index in [9.17, 15) is 9.90 Å². The maximum Gasteiger partial charge on any atom is 0.412 e. The molecular formula is C14H17N3O4. The van der Waals surface area contributed by atoms with Crippen molar-refractivity contribution in [3.63, 3.8) is 0 Å². The molecule has 0 spiro atoms. The SMILES string of the molecule is CC(C)(C)OC(=O)Nc1c(O)cccc1-c1cc(N)on1. The molecule has 1 heterocycles. The van der Waals surface area contributed by atoms with E-state index in [0.717, 1.165) is 0 Å². The Kier molecular flexibility index (Phi) is 3.75. The number of aromatic nitrogens is 1. The molecule has 7 nitrogen and oxygen atoms in total. The summed E-state index contributed by atoms with van der Waals surface area (Å²) in [5, 5.41) is 16.2. The Morgan fingerprint density at radius 3 is 2.71 bits per heavy atom. The molecule has 0 saturated carbocycles. The summed E-state index contributed by atoms with van der Waals surface area (Å²) in [5.74, 6) is 0.0245. The molecule has 112 valence electrons. The van der Waals surface area contributed by atoms with Crippen LogP contribution < -0.4 is 11.1 Å². The maximum atomic E-state index is 11.9. The molecule has 0 aliphatic carbocycles. The lowest BCUT2D eigenvalue weighted by Crippen LogP contribution is -2.27. The number of phenols is 1. The van der Waals surface area contributed by atoms with Crippen molar-refractivity contribution in [1.82, 2.24) is 5.16 Å². The van der Waals surface area contributed by atoms with E-state index < -0.39 is 11.7 Å². The highest BCUT2D eigenvalue weighted by Crippen LogP contribution is 2.35. The quantitative estimate of drug-likeness (QED) is 0.733. The van der Waals surface area contributed by atoms with E-state index in [-0.39, 0.29) is 17.3 Å².